The summed E-state index contributed by atoms with van der Waals surface area (Å²) in [6, 6.07) is 12.2. The van der Waals surface area contributed by atoms with Crippen molar-refractivity contribution in [1.82, 2.24) is 5.32 Å². The molecule has 20 heavy (non-hydrogen) atoms. The number of nitrogens with one attached hydrogen (secondary N) is 1. The molecular formula is C16H20N2OS. The molecule has 1 N–H and O–H groups in total. The highest BCUT2D eigenvalue weighted by atomic mass is 32.1. The molecule has 0 bridgehead atoms. The third-order valence-electron chi connectivity index (χ3n) is 3.21. The van der Waals surface area contributed by atoms with Crippen molar-refractivity contribution in [1.29, 1.82) is 0 Å². The lowest BCUT2D eigenvalue weighted by atomic mass is 10.2. The van der Waals surface area contributed by atoms with Gasteiger partial charge in [0.05, 0.1) is 13.1 Å². The lowest BCUT2D eigenvalue weighted by molar-refractivity contribution is -0.119. The predicted molar refractivity (Wildman–Crippen MR) is 85.2 cm³/mol. The van der Waals surface area contributed by atoms with Gasteiger partial charge in [-0.05, 0) is 36.9 Å². The number of hydrogen-bond donors (Lipinski definition) is 1. The van der Waals surface area contributed by atoms with Gasteiger partial charge >= 0.3 is 0 Å². The van der Waals surface area contributed by atoms with E-state index < -0.39 is 0 Å². The molecule has 106 valence electrons. The number of thiophene rings is 1. The summed E-state index contributed by atoms with van der Waals surface area (Å²) in [7, 11) is 0. The minimum Gasteiger partial charge on any atom is -0.362 e. The molecular weight excluding hydrogens is 268 g/mol. The van der Waals surface area contributed by atoms with Crippen LogP contribution < -0.4 is 10.2 Å². The van der Waals surface area contributed by atoms with Crippen molar-refractivity contribution in [3.8, 4) is 0 Å². The highest BCUT2D eigenvalue weighted by Crippen LogP contribution is 2.18. The minimum absolute atomic E-state index is 0.0588. The molecule has 0 spiro atoms. The van der Waals surface area contributed by atoms with Crippen LogP contribution in [0.5, 0.6) is 0 Å². The average Bonchev–Trinajstić information content (AvgIpc) is 2.97. The summed E-state index contributed by atoms with van der Waals surface area (Å²) in [5, 5.41) is 4.99. The van der Waals surface area contributed by atoms with Crippen molar-refractivity contribution >= 4 is 22.9 Å². The van der Waals surface area contributed by atoms with Gasteiger partial charge in [-0.2, -0.15) is 0 Å². The van der Waals surface area contributed by atoms with Crippen LogP contribution in [0.1, 0.15) is 17.4 Å². The SMILES string of the molecule is CCN(CC(=O)NCc1cccs1)c1ccccc1C. The number of nitrogens with zero attached hydrogens (tertiary/aromatic N) is 1. The van der Waals surface area contributed by atoms with Crippen molar-refractivity contribution in [3.05, 3.63) is 52.2 Å². The Hall–Kier alpha value is -1.81. The number of benzene rings is 1. The summed E-state index contributed by atoms with van der Waals surface area (Å²) in [5.41, 5.74) is 2.32. The first-order valence-corrected chi connectivity index (χ1v) is 7.68. The van der Waals surface area contributed by atoms with Crippen LogP contribution in [0.3, 0.4) is 0 Å². The van der Waals surface area contributed by atoms with E-state index in [-0.39, 0.29) is 5.91 Å². The summed E-state index contributed by atoms with van der Waals surface area (Å²) in [6.45, 7) is 5.96. The maximum Gasteiger partial charge on any atom is 0.239 e. The molecule has 2 aromatic rings. The number of likely N-dealkylation sites (N-methyl/N-ethyl adjacent to an activating group) is 1. The number of para-hydroxylation sites is 1. The molecule has 1 aromatic carbocycles. The Balaban J connectivity index is 1.93. The normalized spacial score (nSPS) is 10.3. The van der Waals surface area contributed by atoms with Crippen LogP contribution in [0.2, 0.25) is 0 Å². The first-order chi connectivity index (χ1) is 9.70. The van der Waals surface area contributed by atoms with Gasteiger partial charge in [0.15, 0.2) is 0 Å². The average molecular weight is 288 g/mol. The van der Waals surface area contributed by atoms with Gasteiger partial charge in [-0.3, -0.25) is 4.79 Å². The second-order valence-electron chi connectivity index (χ2n) is 4.66. The van der Waals surface area contributed by atoms with E-state index in [0.29, 0.717) is 13.1 Å². The molecule has 0 aliphatic rings. The van der Waals surface area contributed by atoms with Gasteiger partial charge in [-0.1, -0.05) is 24.3 Å². The second kappa shape index (κ2) is 7.10. The van der Waals surface area contributed by atoms with Crippen LogP contribution in [0.4, 0.5) is 5.69 Å². The van der Waals surface area contributed by atoms with Crippen molar-refractivity contribution in [2.24, 2.45) is 0 Å². The Labute approximate surface area is 124 Å². The molecule has 4 heteroatoms. The fourth-order valence-corrected chi connectivity index (χ4v) is 2.76. The summed E-state index contributed by atoms with van der Waals surface area (Å²) >= 11 is 1.66. The van der Waals surface area contributed by atoms with E-state index in [0.717, 1.165) is 12.2 Å². The summed E-state index contributed by atoms with van der Waals surface area (Å²) in [5.74, 6) is 0.0588. The number of aryl methyl sites for hydroxylation is 1. The first kappa shape index (κ1) is 14.6. The first-order valence-electron chi connectivity index (χ1n) is 6.80. The molecule has 0 aliphatic carbocycles. The minimum atomic E-state index is 0.0588. The fourth-order valence-electron chi connectivity index (χ4n) is 2.11. The van der Waals surface area contributed by atoms with E-state index in [2.05, 4.69) is 36.2 Å². The number of carbonyl (C=O) groups is 1. The van der Waals surface area contributed by atoms with Crippen molar-refractivity contribution in [2.45, 2.75) is 20.4 Å². The van der Waals surface area contributed by atoms with E-state index >= 15 is 0 Å². The Morgan fingerprint density at radius 2 is 2.05 bits per heavy atom. The number of carbonyl (C=O) groups excluding carboxylic acids is 1. The van der Waals surface area contributed by atoms with E-state index in [1.54, 1.807) is 11.3 Å². The van der Waals surface area contributed by atoms with Crippen LogP contribution in [0.15, 0.2) is 41.8 Å². The Kier molecular flexibility index (Phi) is 5.18. The van der Waals surface area contributed by atoms with E-state index in [4.69, 9.17) is 0 Å². The Bertz CT molecular complexity index is 551. The molecule has 0 radical (unpaired) electrons. The third kappa shape index (κ3) is 3.84. The number of amides is 1. The monoisotopic (exact) mass is 288 g/mol. The molecule has 0 fully saturated rings. The molecule has 1 aromatic heterocycles. The number of anilines is 1. The molecule has 0 saturated heterocycles. The zero-order chi connectivity index (χ0) is 14.4. The second-order valence-corrected chi connectivity index (χ2v) is 5.69. The van der Waals surface area contributed by atoms with Crippen LogP contribution >= 0.6 is 11.3 Å². The Morgan fingerprint density at radius 3 is 2.70 bits per heavy atom. The molecule has 0 atom stereocenters. The fraction of sp³-hybridized carbons (Fsp3) is 0.312. The molecule has 1 amide bonds. The molecule has 1 heterocycles. The zero-order valence-electron chi connectivity index (χ0n) is 11.9. The summed E-state index contributed by atoms with van der Waals surface area (Å²) in [4.78, 5) is 15.3. The van der Waals surface area contributed by atoms with Gasteiger partial charge in [-0.15, -0.1) is 11.3 Å². The van der Waals surface area contributed by atoms with E-state index in [1.165, 1.54) is 10.4 Å². The number of hydrogen-bond acceptors (Lipinski definition) is 3. The molecule has 0 unspecified atom stereocenters. The topological polar surface area (TPSA) is 32.3 Å². The van der Waals surface area contributed by atoms with Gasteiger partial charge in [0.25, 0.3) is 0 Å². The lowest BCUT2D eigenvalue weighted by Crippen LogP contribution is -2.37. The largest absolute Gasteiger partial charge is 0.362 e. The molecule has 0 aliphatic heterocycles. The maximum atomic E-state index is 12.0. The zero-order valence-corrected chi connectivity index (χ0v) is 12.7. The molecule has 2 rings (SSSR count). The van der Waals surface area contributed by atoms with Crippen molar-refractivity contribution in [3.63, 3.8) is 0 Å². The highest BCUT2D eigenvalue weighted by Gasteiger charge is 2.11. The van der Waals surface area contributed by atoms with Gasteiger partial charge in [0, 0.05) is 17.1 Å². The van der Waals surface area contributed by atoms with E-state index in [9.17, 15) is 4.79 Å². The van der Waals surface area contributed by atoms with Crippen LogP contribution in [0.25, 0.3) is 0 Å². The van der Waals surface area contributed by atoms with Crippen LogP contribution in [-0.2, 0) is 11.3 Å². The van der Waals surface area contributed by atoms with Crippen LogP contribution in [0, 0.1) is 6.92 Å². The maximum absolute atomic E-state index is 12.0. The standard InChI is InChI=1S/C16H20N2OS/c1-3-18(15-9-5-4-7-13(15)2)12-16(19)17-11-14-8-6-10-20-14/h4-10H,3,11-12H2,1-2H3,(H,17,19). The molecule has 3 nitrogen and oxygen atoms in total. The lowest BCUT2D eigenvalue weighted by Gasteiger charge is -2.24. The van der Waals surface area contributed by atoms with Crippen molar-refractivity contribution < 1.29 is 4.79 Å². The predicted octanol–water partition coefficient (Wildman–Crippen LogP) is 3.20. The highest BCUT2D eigenvalue weighted by molar-refractivity contribution is 7.09. The number of rotatable bonds is 6. The van der Waals surface area contributed by atoms with Crippen molar-refractivity contribution in [2.75, 3.05) is 18.0 Å². The van der Waals surface area contributed by atoms with Gasteiger partial charge in [-0.25, -0.2) is 0 Å². The molecule has 0 saturated carbocycles. The van der Waals surface area contributed by atoms with Gasteiger partial charge in [0.1, 0.15) is 0 Å². The smallest absolute Gasteiger partial charge is 0.239 e. The summed E-state index contributed by atoms with van der Waals surface area (Å²) < 4.78 is 0. The summed E-state index contributed by atoms with van der Waals surface area (Å²) in [6.07, 6.45) is 0. The van der Waals surface area contributed by atoms with Gasteiger partial charge in [0.2, 0.25) is 5.91 Å². The Morgan fingerprint density at radius 1 is 1.25 bits per heavy atom. The van der Waals surface area contributed by atoms with Crippen LogP contribution in [-0.4, -0.2) is 19.0 Å². The third-order valence-corrected chi connectivity index (χ3v) is 4.09. The van der Waals surface area contributed by atoms with E-state index in [1.807, 2.05) is 29.6 Å². The van der Waals surface area contributed by atoms with Gasteiger partial charge < -0.3 is 10.2 Å². The quantitative estimate of drug-likeness (QED) is 0.885.